The fourth-order valence-corrected chi connectivity index (χ4v) is 4.47. The van der Waals surface area contributed by atoms with Gasteiger partial charge in [-0.05, 0) is 17.2 Å². The number of hydrogen-bond acceptors (Lipinski definition) is 5. The van der Waals surface area contributed by atoms with Crippen LogP contribution < -0.4 is 4.90 Å². The average molecular weight is 349 g/mol. The fourth-order valence-electron chi connectivity index (χ4n) is 4.47. The highest BCUT2D eigenvalue weighted by Crippen LogP contribution is 2.54. The maximum atomic E-state index is 12.8. The van der Waals surface area contributed by atoms with E-state index in [-0.39, 0.29) is 24.0 Å². The number of likely N-dealkylation sites (tertiary alicyclic amines) is 1. The van der Waals surface area contributed by atoms with Crippen molar-refractivity contribution in [2.75, 3.05) is 19.0 Å². The van der Waals surface area contributed by atoms with Gasteiger partial charge in [0.1, 0.15) is 6.17 Å². The Kier molecular flexibility index (Phi) is 3.23. The van der Waals surface area contributed by atoms with Crippen LogP contribution in [0, 0.1) is 5.92 Å². The SMILES string of the molecule is CN1C(=O)[C@@H]2[C@@H](ON3[C@H](c4ccccc4)N(C)c4ccccc4[C@@H]23)C1=O. The minimum absolute atomic E-state index is 0.168. The van der Waals surface area contributed by atoms with Crippen LogP contribution in [0.2, 0.25) is 0 Å². The lowest BCUT2D eigenvalue weighted by atomic mass is 9.87. The van der Waals surface area contributed by atoms with Gasteiger partial charge in [0.2, 0.25) is 5.91 Å². The number of carbonyl (C=O) groups excluding carboxylic acids is 2. The van der Waals surface area contributed by atoms with Gasteiger partial charge in [-0.1, -0.05) is 48.5 Å². The third-order valence-corrected chi connectivity index (χ3v) is 5.71. The lowest BCUT2D eigenvalue weighted by Gasteiger charge is -2.45. The van der Waals surface area contributed by atoms with Crippen LogP contribution in [0.25, 0.3) is 0 Å². The molecule has 0 aliphatic carbocycles. The van der Waals surface area contributed by atoms with E-state index < -0.39 is 12.0 Å². The molecule has 2 aromatic carbocycles. The second-order valence-electron chi connectivity index (χ2n) is 7.05. The minimum atomic E-state index is -0.747. The van der Waals surface area contributed by atoms with E-state index in [1.165, 1.54) is 11.9 Å². The maximum Gasteiger partial charge on any atom is 0.261 e. The molecule has 2 saturated heterocycles. The van der Waals surface area contributed by atoms with Crippen LogP contribution in [0.15, 0.2) is 54.6 Å². The van der Waals surface area contributed by atoms with Crippen molar-refractivity contribution in [3.8, 4) is 0 Å². The normalized spacial score (nSPS) is 30.4. The topological polar surface area (TPSA) is 53.1 Å². The molecule has 5 rings (SSSR count). The Hall–Kier alpha value is -2.70. The minimum Gasteiger partial charge on any atom is -0.353 e. The van der Waals surface area contributed by atoms with Crippen LogP contribution in [0.4, 0.5) is 5.69 Å². The summed E-state index contributed by atoms with van der Waals surface area (Å²) < 4.78 is 0. The first-order valence-electron chi connectivity index (χ1n) is 8.73. The quantitative estimate of drug-likeness (QED) is 0.738. The Morgan fingerprint density at radius 1 is 0.885 bits per heavy atom. The number of hydroxylamine groups is 2. The zero-order chi connectivity index (χ0) is 18.0. The van der Waals surface area contributed by atoms with E-state index in [1.807, 2.05) is 60.6 Å². The molecule has 0 spiro atoms. The molecule has 3 aliphatic heterocycles. The van der Waals surface area contributed by atoms with Crippen LogP contribution in [0.5, 0.6) is 0 Å². The predicted molar refractivity (Wildman–Crippen MR) is 94.7 cm³/mol. The summed E-state index contributed by atoms with van der Waals surface area (Å²) >= 11 is 0. The largest absolute Gasteiger partial charge is 0.353 e. The van der Waals surface area contributed by atoms with Crippen molar-refractivity contribution in [3.05, 3.63) is 65.7 Å². The van der Waals surface area contributed by atoms with Crippen LogP contribution in [-0.4, -0.2) is 42.0 Å². The van der Waals surface area contributed by atoms with Crippen molar-refractivity contribution < 1.29 is 14.4 Å². The Labute approximate surface area is 151 Å². The molecule has 0 N–H and O–H groups in total. The van der Waals surface area contributed by atoms with Gasteiger partial charge in [-0.15, -0.1) is 0 Å². The highest BCUT2D eigenvalue weighted by Gasteiger charge is 2.62. The monoisotopic (exact) mass is 349 g/mol. The Bertz CT molecular complexity index is 900. The number of amides is 2. The van der Waals surface area contributed by atoms with Gasteiger partial charge in [0.15, 0.2) is 6.10 Å². The Morgan fingerprint density at radius 2 is 1.58 bits per heavy atom. The molecule has 132 valence electrons. The number of fused-ring (bicyclic) bond motifs is 5. The third kappa shape index (κ3) is 1.88. The second-order valence-corrected chi connectivity index (χ2v) is 7.05. The summed E-state index contributed by atoms with van der Waals surface area (Å²) in [6, 6.07) is 17.8. The van der Waals surface area contributed by atoms with Crippen molar-refractivity contribution in [1.82, 2.24) is 9.96 Å². The second kappa shape index (κ2) is 5.40. The average Bonchev–Trinajstić information content (AvgIpc) is 3.15. The number of likely N-dealkylation sites (N-methyl/N-ethyl adjacent to an activating group) is 1. The van der Waals surface area contributed by atoms with Crippen LogP contribution in [-0.2, 0) is 14.4 Å². The lowest BCUT2D eigenvalue weighted by molar-refractivity contribution is -0.200. The van der Waals surface area contributed by atoms with Crippen molar-refractivity contribution in [2.24, 2.45) is 5.92 Å². The summed E-state index contributed by atoms with van der Waals surface area (Å²) in [5.41, 5.74) is 3.13. The third-order valence-electron chi connectivity index (χ3n) is 5.71. The molecule has 4 atom stereocenters. The number of imide groups is 1. The fraction of sp³-hybridized carbons (Fsp3) is 0.300. The van der Waals surface area contributed by atoms with Gasteiger partial charge in [-0.3, -0.25) is 19.3 Å². The molecule has 3 heterocycles. The van der Waals surface area contributed by atoms with E-state index in [9.17, 15) is 9.59 Å². The first kappa shape index (κ1) is 15.5. The van der Waals surface area contributed by atoms with E-state index >= 15 is 0 Å². The van der Waals surface area contributed by atoms with Crippen LogP contribution in [0.3, 0.4) is 0 Å². The molecule has 0 saturated carbocycles. The standard InChI is InChI=1S/C20H19N3O3/c1-21-14-11-7-6-10-13(14)16-15-17(20(25)22(2)19(15)24)26-23(16)18(21)12-8-4-3-5-9-12/h3-11,15-18H,1-2H3/t15-,16-,17+,18+/m0/s1. The molecule has 6 nitrogen and oxygen atoms in total. The molecule has 3 aliphatic rings. The molecular weight excluding hydrogens is 330 g/mol. The molecular formula is C20H19N3O3. The summed E-state index contributed by atoms with van der Waals surface area (Å²) in [6.07, 6.45) is -0.948. The number of hydrogen-bond donors (Lipinski definition) is 0. The number of nitrogens with zero attached hydrogens (tertiary/aromatic N) is 3. The summed E-state index contributed by atoms with van der Waals surface area (Å²) in [5.74, 6) is -0.937. The number of rotatable bonds is 1. The van der Waals surface area contributed by atoms with Crippen LogP contribution >= 0.6 is 0 Å². The molecule has 0 bridgehead atoms. The number of benzene rings is 2. The highest BCUT2D eigenvalue weighted by atomic mass is 16.7. The summed E-state index contributed by atoms with van der Waals surface area (Å²) in [6.45, 7) is 0. The van der Waals surface area contributed by atoms with Crippen LogP contribution in [0.1, 0.15) is 23.3 Å². The molecule has 6 heteroatoms. The van der Waals surface area contributed by atoms with Crippen molar-refractivity contribution in [3.63, 3.8) is 0 Å². The van der Waals surface area contributed by atoms with Gasteiger partial charge in [0.05, 0.1) is 12.0 Å². The van der Waals surface area contributed by atoms with Gasteiger partial charge < -0.3 is 4.90 Å². The smallest absolute Gasteiger partial charge is 0.261 e. The highest BCUT2D eigenvalue weighted by molar-refractivity contribution is 6.07. The van der Waals surface area contributed by atoms with Gasteiger partial charge in [-0.25, -0.2) is 0 Å². The molecule has 0 radical (unpaired) electrons. The van der Waals surface area contributed by atoms with E-state index in [1.54, 1.807) is 0 Å². The Morgan fingerprint density at radius 3 is 2.35 bits per heavy atom. The van der Waals surface area contributed by atoms with E-state index in [0.717, 1.165) is 16.8 Å². The predicted octanol–water partition coefficient (Wildman–Crippen LogP) is 2.11. The van der Waals surface area contributed by atoms with Crippen molar-refractivity contribution >= 4 is 17.5 Å². The summed E-state index contributed by atoms with van der Waals surface area (Å²) in [4.78, 5) is 34.7. The van der Waals surface area contributed by atoms with Crippen molar-refractivity contribution in [1.29, 1.82) is 0 Å². The van der Waals surface area contributed by atoms with Gasteiger partial charge in [0, 0.05) is 19.8 Å². The molecule has 2 fully saturated rings. The molecule has 2 aromatic rings. The molecule has 0 aromatic heterocycles. The van der Waals surface area contributed by atoms with Gasteiger partial charge in [0.25, 0.3) is 5.91 Å². The number of carbonyl (C=O) groups is 2. The maximum absolute atomic E-state index is 12.8. The first-order chi connectivity index (χ1) is 12.6. The van der Waals surface area contributed by atoms with Gasteiger partial charge in [-0.2, -0.15) is 5.06 Å². The zero-order valence-corrected chi connectivity index (χ0v) is 14.6. The van der Waals surface area contributed by atoms with E-state index in [4.69, 9.17) is 4.84 Å². The van der Waals surface area contributed by atoms with Gasteiger partial charge >= 0.3 is 0 Å². The lowest BCUT2D eigenvalue weighted by Crippen LogP contribution is -2.46. The van der Waals surface area contributed by atoms with E-state index in [0.29, 0.717) is 0 Å². The molecule has 0 unspecified atom stereocenters. The first-order valence-corrected chi connectivity index (χ1v) is 8.73. The molecule has 26 heavy (non-hydrogen) atoms. The summed E-state index contributed by atoms with van der Waals surface area (Å²) in [5, 5.41) is 1.84. The van der Waals surface area contributed by atoms with E-state index in [2.05, 4.69) is 11.0 Å². The molecule has 2 amide bonds. The summed E-state index contributed by atoms with van der Waals surface area (Å²) in [7, 11) is 3.55. The zero-order valence-electron chi connectivity index (χ0n) is 14.6. The number of para-hydroxylation sites is 1. The Balaban J connectivity index is 1.69. The number of anilines is 1. The van der Waals surface area contributed by atoms with Crippen molar-refractivity contribution in [2.45, 2.75) is 18.3 Å².